The summed E-state index contributed by atoms with van der Waals surface area (Å²) in [4.78, 5) is 24.1. The third-order valence-electron chi connectivity index (χ3n) is 3.76. The van der Waals surface area contributed by atoms with Gasteiger partial charge in [0.1, 0.15) is 0 Å². The first-order chi connectivity index (χ1) is 13.0. The van der Waals surface area contributed by atoms with Crippen molar-refractivity contribution >= 4 is 40.8 Å². The predicted molar refractivity (Wildman–Crippen MR) is 107 cm³/mol. The van der Waals surface area contributed by atoms with Crippen LogP contribution in [0.2, 0.25) is 10.0 Å². The van der Waals surface area contributed by atoms with E-state index < -0.39 is 18.5 Å². The second kappa shape index (κ2) is 8.71. The van der Waals surface area contributed by atoms with Gasteiger partial charge in [-0.3, -0.25) is 4.79 Å². The molecule has 6 heteroatoms. The topological polar surface area (TPSA) is 55.4 Å². The quantitative estimate of drug-likeness (QED) is 0.579. The minimum Gasteiger partial charge on any atom is -0.452 e. The summed E-state index contributed by atoms with van der Waals surface area (Å²) in [6, 6.07) is 21.5. The molecule has 0 saturated heterocycles. The van der Waals surface area contributed by atoms with Crippen molar-refractivity contribution in [2.45, 2.75) is 0 Å². The molecule has 0 spiro atoms. The monoisotopic (exact) mass is 399 g/mol. The molecule has 0 heterocycles. The number of ether oxygens (including phenoxy) is 1. The summed E-state index contributed by atoms with van der Waals surface area (Å²) in [5.41, 5.74) is 2.76. The van der Waals surface area contributed by atoms with Gasteiger partial charge >= 0.3 is 5.97 Å². The van der Waals surface area contributed by atoms with Crippen LogP contribution in [0.25, 0.3) is 11.1 Å². The van der Waals surface area contributed by atoms with Gasteiger partial charge in [-0.2, -0.15) is 0 Å². The van der Waals surface area contributed by atoms with Crippen LogP contribution in [-0.4, -0.2) is 18.5 Å². The molecule has 0 radical (unpaired) electrons. The summed E-state index contributed by atoms with van der Waals surface area (Å²) < 4.78 is 5.05. The summed E-state index contributed by atoms with van der Waals surface area (Å²) in [5.74, 6) is -1.09. The van der Waals surface area contributed by atoms with Crippen molar-refractivity contribution in [3.63, 3.8) is 0 Å². The van der Waals surface area contributed by atoms with E-state index in [1.165, 1.54) is 6.07 Å². The number of benzene rings is 3. The van der Waals surface area contributed by atoms with Crippen molar-refractivity contribution in [1.82, 2.24) is 0 Å². The molecule has 1 N–H and O–H groups in total. The molecular formula is C21H15Cl2NO3. The van der Waals surface area contributed by atoms with Gasteiger partial charge in [0.15, 0.2) is 6.61 Å². The van der Waals surface area contributed by atoms with Crippen LogP contribution >= 0.6 is 23.2 Å². The lowest BCUT2D eigenvalue weighted by Gasteiger charge is -2.09. The standard InChI is InChI=1S/C21H15Cl2NO3/c22-17-10-11-18(23)19(12-17)24-20(25)13-27-21(26)16-8-6-15(7-9-16)14-4-2-1-3-5-14/h1-12H,13H2,(H,24,25). The van der Waals surface area contributed by atoms with Crippen molar-refractivity contribution in [3.05, 3.63) is 88.4 Å². The Morgan fingerprint density at radius 3 is 2.22 bits per heavy atom. The fourth-order valence-electron chi connectivity index (χ4n) is 2.42. The number of hydrogen-bond donors (Lipinski definition) is 1. The van der Waals surface area contributed by atoms with Gasteiger partial charge in [-0.1, -0.05) is 65.7 Å². The lowest BCUT2D eigenvalue weighted by Crippen LogP contribution is -2.21. The van der Waals surface area contributed by atoms with E-state index in [-0.39, 0.29) is 0 Å². The van der Waals surface area contributed by atoms with E-state index in [0.29, 0.717) is 21.3 Å². The molecule has 0 aromatic heterocycles. The molecular weight excluding hydrogens is 385 g/mol. The minimum absolute atomic E-state index is 0.343. The van der Waals surface area contributed by atoms with Gasteiger partial charge in [0.25, 0.3) is 5.91 Å². The maximum Gasteiger partial charge on any atom is 0.338 e. The average Bonchev–Trinajstić information content (AvgIpc) is 2.70. The van der Waals surface area contributed by atoms with Crippen molar-refractivity contribution in [2.75, 3.05) is 11.9 Å². The third kappa shape index (κ3) is 5.09. The largest absolute Gasteiger partial charge is 0.452 e. The van der Waals surface area contributed by atoms with Crippen molar-refractivity contribution in [1.29, 1.82) is 0 Å². The van der Waals surface area contributed by atoms with E-state index in [1.807, 2.05) is 42.5 Å². The fourth-order valence-corrected chi connectivity index (χ4v) is 2.76. The molecule has 3 aromatic rings. The second-order valence-corrected chi connectivity index (χ2v) is 6.54. The number of halogens is 2. The number of esters is 1. The van der Waals surface area contributed by atoms with Crippen molar-refractivity contribution in [2.24, 2.45) is 0 Å². The molecule has 3 rings (SSSR count). The first-order valence-corrected chi connectivity index (χ1v) is 8.86. The fraction of sp³-hybridized carbons (Fsp3) is 0.0476. The van der Waals surface area contributed by atoms with Crippen LogP contribution in [0.4, 0.5) is 5.69 Å². The zero-order valence-electron chi connectivity index (χ0n) is 14.1. The van der Waals surface area contributed by atoms with E-state index in [1.54, 1.807) is 24.3 Å². The van der Waals surface area contributed by atoms with Gasteiger partial charge in [-0.05, 0) is 41.5 Å². The highest BCUT2D eigenvalue weighted by atomic mass is 35.5. The molecule has 0 bridgehead atoms. The highest BCUT2D eigenvalue weighted by Crippen LogP contribution is 2.25. The Kier molecular flexibility index (Phi) is 6.12. The molecule has 0 unspecified atom stereocenters. The van der Waals surface area contributed by atoms with E-state index in [4.69, 9.17) is 27.9 Å². The molecule has 136 valence electrons. The molecule has 4 nitrogen and oxygen atoms in total. The zero-order chi connectivity index (χ0) is 19.2. The number of anilines is 1. The van der Waals surface area contributed by atoms with Crippen LogP contribution < -0.4 is 5.32 Å². The van der Waals surface area contributed by atoms with Crippen LogP contribution in [0.5, 0.6) is 0 Å². The summed E-state index contributed by atoms with van der Waals surface area (Å²) in [6.07, 6.45) is 0. The second-order valence-electron chi connectivity index (χ2n) is 5.69. The summed E-state index contributed by atoms with van der Waals surface area (Å²) in [6.45, 7) is -0.428. The lowest BCUT2D eigenvalue weighted by molar-refractivity contribution is -0.119. The van der Waals surface area contributed by atoms with Crippen LogP contribution in [0.1, 0.15) is 10.4 Å². The molecule has 0 aliphatic heterocycles. The maximum atomic E-state index is 12.1. The maximum absolute atomic E-state index is 12.1. The normalized spacial score (nSPS) is 10.3. The highest BCUT2D eigenvalue weighted by Gasteiger charge is 2.12. The van der Waals surface area contributed by atoms with Gasteiger partial charge in [-0.25, -0.2) is 4.79 Å². The van der Waals surface area contributed by atoms with Gasteiger partial charge < -0.3 is 10.1 Å². The molecule has 0 saturated carbocycles. The summed E-state index contributed by atoms with van der Waals surface area (Å²) in [5, 5.41) is 3.33. The van der Waals surface area contributed by atoms with E-state index >= 15 is 0 Å². The number of carbonyl (C=O) groups excluding carboxylic acids is 2. The van der Waals surface area contributed by atoms with Gasteiger partial charge in [0, 0.05) is 5.02 Å². The van der Waals surface area contributed by atoms with Crippen LogP contribution in [0.15, 0.2) is 72.8 Å². The van der Waals surface area contributed by atoms with E-state index in [9.17, 15) is 9.59 Å². The highest BCUT2D eigenvalue weighted by molar-refractivity contribution is 6.35. The smallest absolute Gasteiger partial charge is 0.338 e. The molecule has 27 heavy (non-hydrogen) atoms. The number of carbonyl (C=O) groups is 2. The Hall–Kier alpha value is -2.82. The molecule has 0 fully saturated rings. The Morgan fingerprint density at radius 1 is 0.852 bits per heavy atom. The first-order valence-electron chi connectivity index (χ1n) is 8.10. The van der Waals surface area contributed by atoms with E-state index in [0.717, 1.165) is 11.1 Å². The van der Waals surface area contributed by atoms with Crippen molar-refractivity contribution in [3.8, 4) is 11.1 Å². The van der Waals surface area contributed by atoms with Crippen LogP contribution in [0, 0.1) is 0 Å². The molecule has 0 atom stereocenters. The SMILES string of the molecule is O=C(COC(=O)c1ccc(-c2ccccc2)cc1)Nc1cc(Cl)ccc1Cl. The zero-order valence-corrected chi connectivity index (χ0v) is 15.6. The Morgan fingerprint density at radius 2 is 1.52 bits per heavy atom. The molecule has 1 amide bonds. The van der Waals surface area contributed by atoms with Crippen molar-refractivity contribution < 1.29 is 14.3 Å². The van der Waals surface area contributed by atoms with Gasteiger partial charge in [0.2, 0.25) is 0 Å². The Labute approximate surface area is 166 Å². The third-order valence-corrected chi connectivity index (χ3v) is 4.33. The Bertz CT molecular complexity index is 957. The molecule has 3 aromatic carbocycles. The van der Waals surface area contributed by atoms with Crippen LogP contribution in [-0.2, 0) is 9.53 Å². The lowest BCUT2D eigenvalue weighted by atomic mass is 10.0. The summed E-state index contributed by atoms with van der Waals surface area (Å²) >= 11 is 11.9. The van der Waals surface area contributed by atoms with Gasteiger partial charge in [-0.15, -0.1) is 0 Å². The van der Waals surface area contributed by atoms with Crippen LogP contribution in [0.3, 0.4) is 0 Å². The summed E-state index contributed by atoms with van der Waals surface area (Å²) in [7, 11) is 0. The number of hydrogen-bond acceptors (Lipinski definition) is 3. The predicted octanol–water partition coefficient (Wildman–Crippen LogP) is 5.46. The first kappa shape index (κ1) is 19.0. The Balaban J connectivity index is 1.57. The number of rotatable bonds is 5. The minimum atomic E-state index is -0.582. The number of nitrogens with one attached hydrogen (secondary N) is 1. The van der Waals surface area contributed by atoms with Gasteiger partial charge in [0.05, 0.1) is 16.3 Å². The van der Waals surface area contributed by atoms with E-state index in [2.05, 4.69) is 5.32 Å². The average molecular weight is 400 g/mol. The molecule has 0 aliphatic carbocycles. The number of amides is 1. The molecule has 0 aliphatic rings.